The molecular formula is C12H14N6O. The van der Waals surface area contributed by atoms with Crippen LogP contribution < -0.4 is 5.73 Å². The Morgan fingerprint density at radius 1 is 1.63 bits per heavy atom. The van der Waals surface area contributed by atoms with E-state index in [1.807, 2.05) is 10.6 Å². The highest BCUT2D eigenvalue weighted by Gasteiger charge is 2.07. The molecule has 0 aliphatic carbocycles. The normalized spacial score (nSPS) is 12.2. The Morgan fingerprint density at radius 3 is 3.21 bits per heavy atom. The minimum atomic E-state index is 0.293. The van der Waals surface area contributed by atoms with E-state index in [-0.39, 0.29) is 0 Å². The largest absolute Gasteiger partial charge is 0.385 e. The van der Waals surface area contributed by atoms with Crippen LogP contribution in [0.5, 0.6) is 0 Å². The Kier molecular flexibility index (Phi) is 3.87. The molecule has 19 heavy (non-hydrogen) atoms. The van der Waals surface area contributed by atoms with Crippen LogP contribution in [-0.2, 0) is 11.5 Å². The molecule has 2 rings (SSSR count). The van der Waals surface area contributed by atoms with Crippen LogP contribution in [0.3, 0.4) is 0 Å². The molecule has 0 unspecified atom stereocenters. The summed E-state index contributed by atoms with van der Waals surface area (Å²) >= 11 is 0. The number of nitrogens with zero attached hydrogens (tertiary/aromatic N) is 5. The van der Waals surface area contributed by atoms with Gasteiger partial charge in [-0.15, -0.1) is 6.58 Å². The lowest BCUT2D eigenvalue weighted by atomic mass is 10.4. The van der Waals surface area contributed by atoms with Crippen molar-refractivity contribution in [2.24, 2.45) is 16.0 Å². The van der Waals surface area contributed by atoms with E-state index in [4.69, 9.17) is 5.73 Å². The van der Waals surface area contributed by atoms with Crippen LogP contribution in [0.4, 0.5) is 0 Å². The minimum Gasteiger partial charge on any atom is -0.385 e. The standard InChI is InChI=1S/C12H14N6O/c1-3-6-18-11-4-5-14-7-10(11)16-12(18)8-15-19-17-9(2)13/h3-5,7-8H,1,6H2,2H3,(H2,13,17)/b15-8+. The van der Waals surface area contributed by atoms with Crippen LogP contribution in [-0.4, -0.2) is 26.6 Å². The van der Waals surface area contributed by atoms with Gasteiger partial charge in [-0.05, 0) is 18.1 Å². The first-order chi connectivity index (χ1) is 9.22. The Bertz CT molecular complexity index is 639. The van der Waals surface area contributed by atoms with E-state index in [2.05, 4.69) is 31.8 Å². The van der Waals surface area contributed by atoms with Crippen LogP contribution in [0.25, 0.3) is 11.0 Å². The van der Waals surface area contributed by atoms with Crippen LogP contribution >= 0.6 is 0 Å². The number of rotatable bonds is 5. The molecule has 0 radical (unpaired) electrons. The molecule has 0 amide bonds. The fraction of sp³-hybridized carbons (Fsp3) is 0.167. The number of hydrogen-bond acceptors (Lipinski definition) is 5. The molecule has 0 fully saturated rings. The maximum absolute atomic E-state index is 5.32. The van der Waals surface area contributed by atoms with Gasteiger partial charge in [0, 0.05) is 12.7 Å². The first-order valence-corrected chi connectivity index (χ1v) is 5.63. The third kappa shape index (κ3) is 2.95. The van der Waals surface area contributed by atoms with E-state index < -0.39 is 0 Å². The van der Waals surface area contributed by atoms with Gasteiger partial charge < -0.3 is 10.3 Å². The maximum Gasteiger partial charge on any atom is 0.156 e. The number of oxime groups is 2. The topological polar surface area (TPSA) is 90.7 Å². The molecule has 0 saturated heterocycles. The highest BCUT2D eigenvalue weighted by Crippen LogP contribution is 2.13. The van der Waals surface area contributed by atoms with E-state index in [1.54, 1.807) is 25.4 Å². The predicted octanol–water partition coefficient (Wildman–Crippen LogP) is 1.26. The Balaban J connectivity index is 2.33. The van der Waals surface area contributed by atoms with Gasteiger partial charge in [-0.2, -0.15) is 0 Å². The zero-order valence-corrected chi connectivity index (χ0v) is 10.5. The van der Waals surface area contributed by atoms with Crippen molar-refractivity contribution in [3.05, 3.63) is 36.9 Å². The number of aromatic nitrogens is 3. The van der Waals surface area contributed by atoms with Gasteiger partial charge in [0.05, 0.1) is 11.7 Å². The highest BCUT2D eigenvalue weighted by atomic mass is 16.8. The molecule has 2 aromatic rings. The molecule has 0 aliphatic rings. The molecular weight excluding hydrogens is 244 g/mol. The van der Waals surface area contributed by atoms with Crippen molar-refractivity contribution >= 4 is 23.1 Å². The minimum absolute atomic E-state index is 0.293. The average Bonchev–Trinajstić information content (AvgIpc) is 2.74. The second kappa shape index (κ2) is 5.76. The smallest absolute Gasteiger partial charge is 0.156 e. The van der Waals surface area contributed by atoms with Gasteiger partial charge in [0.25, 0.3) is 0 Å². The van der Waals surface area contributed by atoms with Gasteiger partial charge in [-0.25, -0.2) is 9.92 Å². The zero-order chi connectivity index (χ0) is 13.7. The highest BCUT2D eigenvalue weighted by molar-refractivity contribution is 5.84. The Morgan fingerprint density at radius 2 is 2.47 bits per heavy atom. The summed E-state index contributed by atoms with van der Waals surface area (Å²) in [5.41, 5.74) is 7.05. The first kappa shape index (κ1) is 12.7. The lowest BCUT2D eigenvalue weighted by molar-refractivity contribution is 0.156. The van der Waals surface area contributed by atoms with Crippen molar-refractivity contribution in [1.82, 2.24) is 14.5 Å². The molecule has 7 nitrogen and oxygen atoms in total. The SMILES string of the molecule is C=CCn1c(/C=N/O/N=C(\C)N)nc2cnccc21. The lowest BCUT2D eigenvalue weighted by Gasteiger charge is -2.01. The van der Waals surface area contributed by atoms with E-state index in [9.17, 15) is 0 Å². The maximum atomic E-state index is 5.32. The van der Waals surface area contributed by atoms with E-state index >= 15 is 0 Å². The summed E-state index contributed by atoms with van der Waals surface area (Å²) < 4.78 is 1.94. The van der Waals surface area contributed by atoms with Gasteiger partial charge >= 0.3 is 0 Å². The van der Waals surface area contributed by atoms with Gasteiger partial charge in [-0.1, -0.05) is 11.2 Å². The van der Waals surface area contributed by atoms with E-state index in [0.717, 1.165) is 11.0 Å². The van der Waals surface area contributed by atoms with Crippen LogP contribution in [0.1, 0.15) is 12.7 Å². The van der Waals surface area contributed by atoms with Gasteiger partial charge in [0.2, 0.25) is 0 Å². The fourth-order valence-corrected chi connectivity index (χ4v) is 1.58. The summed E-state index contributed by atoms with van der Waals surface area (Å²) in [6.07, 6.45) is 6.65. The molecule has 0 saturated carbocycles. The molecule has 2 aromatic heterocycles. The van der Waals surface area contributed by atoms with Crippen LogP contribution in [0.2, 0.25) is 0 Å². The second-order valence-electron chi connectivity index (χ2n) is 3.78. The zero-order valence-electron chi connectivity index (χ0n) is 10.5. The molecule has 0 aliphatic heterocycles. The predicted molar refractivity (Wildman–Crippen MR) is 73.7 cm³/mol. The monoisotopic (exact) mass is 258 g/mol. The summed E-state index contributed by atoms with van der Waals surface area (Å²) in [6.45, 7) is 5.94. The molecule has 98 valence electrons. The van der Waals surface area contributed by atoms with Gasteiger partial charge in [-0.3, -0.25) is 4.98 Å². The summed E-state index contributed by atoms with van der Waals surface area (Å²) in [7, 11) is 0. The molecule has 0 atom stereocenters. The molecule has 2 N–H and O–H groups in total. The molecule has 2 heterocycles. The molecule has 7 heteroatoms. The van der Waals surface area contributed by atoms with E-state index in [1.165, 1.54) is 6.21 Å². The summed E-state index contributed by atoms with van der Waals surface area (Å²) in [5, 5.41) is 7.19. The Labute approximate surface area is 110 Å². The third-order valence-electron chi connectivity index (χ3n) is 2.29. The van der Waals surface area contributed by atoms with Crippen molar-refractivity contribution in [3.63, 3.8) is 0 Å². The summed E-state index contributed by atoms with van der Waals surface area (Å²) in [5.74, 6) is 0.925. The number of nitrogens with two attached hydrogens (primary N) is 1. The second-order valence-corrected chi connectivity index (χ2v) is 3.78. The van der Waals surface area contributed by atoms with E-state index in [0.29, 0.717) is 18.2 Å². The van der Waals surface area contributed by atoms with Crippen molar-refractivity contribution in [1.29, 1.82) is 0 Å². The van der Waals surface area contributed by atoms with Crippen molar-refractivity contribution in [3.8, 4) is 0 Å². The molecule has 0 aromatic carbocycles. The fourth-order valence-electron chi connectivity index (χ4n) is 1.58. The Hall–Kier alpha value is -2.70. The molecule has 0 bridgehead atoms. The first-order valence-electron chi connectivity index (χ1n) is 5.63. The van der Waals surface area contributed by atoms with Gasteiger partial charge in [0.1, 0.15) is 17.6 Å². The van der Waals surface area contributed by atoms with Gasteiger partial charge in [0.15, 0.2) is 5.82 Å². The van der Waals surface area contributed by atoms with Crippen LogP contribution in [0, 0.1) is 0 Å². The number of amidine groups is 1. The van der Waals surface area contributed by atoms with Crippen molar-refractivity contribution in [2.45, 2.75) is 13.5 Å². The third-order valence-corrected chi connectivity index (χ3v) is 2.29. The number of imidazole rings is 1. The average molecular weight is 258 g/mol. The summed E-state index contributed by atoms with van der Waals surface area (Å²) in [4.78, 5) is 13.1. The number of pyridine rings is 1. The number of fused-ring (bicyclic) bond motifs is 1. The quantitative estimate of drug-likeness (QED) is 0.378. The number of hydrogen-bond donors (Lipinski definition) is 1. The van der Waals surface area contributed by atoms with Crippen LogP contribution in [0.15, 0.2) is 41.4 Å². The van der Waals surface area contributed by atoms with Crippen molar-refractivity contribution in [2.75, 3.05) is 0 Å². The lowest BCUT2D eigenvalue weighted by Crippen LogP contribution is -2.05. The number of allylic oxidation sites excluding steroid dienone is 1. The molecule has 0 spiro atoms. The summed E-state index contributed by atoms with van der Waals surface area (Å²) in [6, 6.07) is 1.88. The van der Waals surface area contributed by atoms with Crippen molar-refractivity contribution < 1.29 is 4.94 Å².